The van der Waals surface area contributed by atoms with E-state index in [-0.39, 0.29) is 0 Å². The number of halogens is 2. The molecule has 0 amide bonds. The van der Waals surface area contributed by atoms with E-state index in [1.165, 1.54) is 42.9 Å². The summed E-state index contributed by atoms with van der Waals surface area (Å²) in [5.74, 6) is 0.486. The molecule has 2 aliphatic rings. The first-order chi connectivity index (χ1) is 13.2. The summed E-state index contributed by atoms with van der Waals surface area (Å²) < 4.78 is 27.4. The Morgan fingerprint density at radius 1 is 0.815 bits per heavy atom. The Morgan fingerprint density at radius 2 is 1.48 bits per heavy atom. The second-order valence-corrected chi connectivity index (χ2v) is 8.24. The van der Waals surface area contributed by atoms with Crippen molar-refractivity contribution in [2.24, 2.45) is 5.92 Å². The van der Waals surface area contributed by atoms with Crippen LogP contribution in [0.3, 0.4) is 0 Å². The lowest BCUT2D eigenvalue weighted by atomic mass is 9.77. The molecule has 0 nitrogen and oxygen atoms in total. The van der Waals surface area contributed by atoms with Gasteiger partial charge in [0.25, 0.3) is 0 Å². The van der Waals surface area contributed by atoms with E-state index in [0.717, 1.165) is 24.3 Å². The SMILES string of the molecule is C/C=C/C1CCC(c2ccc(C3CCc4c(ccc(F)c4F)C3)cc2)CC1. The van der Waals surface area contributed by atoms with Crippen molar-refractivity contribution in [2.75, 3.05) is 0 Å². The highest BCUT2D eigenvalue weighted by Gasteiger charge is 2.25. The molecule has 0 N–H and O–H groups in total. The van der Waals surface area contributed by atoms with Gasteiger partial charge in [-0.2, -0.15) is 0 Å². The number of allylic oxidation sites excluding steroid dienone is 2. The molecule has 2 aliphatic carbocycles. The molecule has 1 fully saturated rings. The van der Waals surface area contributed by atoms with Crippen LogP contribution in [0.15, 0.2) is 48.6 Å². The number of hydrogen-bond acceptors (Lipinski definition) is 0. The van der Waals surface area contributed by atoms with Crippen LogP contribution in [0.5, 0.6) is 0 Å². The van der Waals surface area contributed by atoms with E-state index in [1.54, 1.807) is 6.07 Å². The molecule has 27 heavy (non-hydrogen) atoms. The number of benzene rings is 2. The first kappa shape index (κ1) is 18.4. The van der Waals surface area contributed by atoms with Crippen LogP contribution in [-0.4, -0.2) is 0 Å². The fourth-order valence-electron chi connectivity index (χ4n) is 5.02. The molecular weight excluding hydrogens is 338 g/mol. The van der Waals surface area contributed by atoms with E-state index in [0.29, 0.717) is 23.8 Å². The topological polar surface area (TPSA) is 0 Å². The van der Waals surface area contributed by atoms with Gasteiger partial charge in [-0.3, -0.25) is 0 Å². The minimum atomic E-state index is -0.722. The van der Waals surface area contributed by atoms with Crippen LogP contribution in [0, 0.1) is 17.6 Å². The van der Waals surface area contributed by atoms with Crippen LogP contribution < -0.4 is 0 Å². The van der Waals surface area contributed by atoms with Crippen molar-refractivity contribution >= 4 is 0 Å². The van der Waals surface area contributed by atoms with Gasteiger partial charge in [0, 0.05) is 0 Å². The molecular formula is C25H28F2. The molecule has 2 aromatic rings. The highest BCUT2D eigenvalue weighted by Crippen LogP contribution is 2.38. The van der Waals surface area contributed by atoms with E-state index >= 15 is 0 Å². The Balaban J connectivity index is 1.43. The van der Waals surface area contributed by atoms with Crippen LogP contribution in [0.25, 0.3) is 0 Å². The molecule has 0 saturated heterocycles. The minimum absolute atomic E-state index is 0.404. The third kappa shape index (κ3) is 3.85. The lowest BCUT2D eigenvalue weighted by molar-refractivity contribution is 0.375. The minimum Gasteiger partial charge on any atom is -0.204 e. The Hall–Kier alpha value is -1.96. The lowest BCUT2D eigenvalue weighted by Crippen LogP contribution is -2.15. The number of fused-ring (bicyclic) bond motifs is 1. The Labute approximate surface area is 161 Å². The monoisotopic (exact) mass is 366 g/mol. The van der Waals surface area contributed by atoms with Crippen molar-refractivity contribution in [3.63, 3.8) is 0 Å². The summed E-state index contributed by atoms with van der Waals surface area (Å²) in [6, 6.07) is 12.2. The van der Waals surface area contributed by atoms with Gasteiger partial charge in [-0.25, -0.2) is 8.78 Å². The molecule has 0 bridgehead atoms. The van der Waals surface area contributed by atoms with Crippen molar-refractivity contribution in [3.8, 4) is 0 Å². The summed E-state index contributed by atoms with van der Waals surface area (Å²) in [6.07, 6.45) is 12.0. The summed E-state index contributed by atoms with van der Waals surface area (Å²) in [5.41, 5.74) is 4.34. The average molecular weight is 366 g/mol. The van der Waals surface area contributed by atoms with Gasteiger partial charge >= 0.3 is 0 Å². The lowest BCUT2D eigenvalue weighted by Gasteiger charge is -2.28. The van der Waals surface area contributed by atoms with Gasteiger partial charge in [-0.1, -0.05) is 42.5 Å². The molecule has 142 valence electrons. The van der Waals surface area contributed by atoms with Gasteiger partial charge in [-0.15, -0.1) is 0 Å². The molecule has 0 radical (unpaired) electrons. The maximum Gasteiger partial charge on any atom is 0.162 e. The van der Waals surface area contributed by atoms with E-state index in [1.807, 2.05) is 0 Å². The Morgan fingerprint density at radius 3 is 2.15 bits per heavy atom. The third-order valence-corrected chi connectivity index (χ3v) is 6.62. The molecule has 0 spiro atoms. The van der Waals surface area contributed by atoms with Crippen molar-refractivity contribution in [1.29, 1.82) is 0 Å². The van der Waals surface area contributed by atoms with Crippen molar-refractivity contribution in [3.05, 3.63) is 82.4 Å². The Kier molecular flexibility index (Phi) is 5.43. The third-order valence-electron chi connectivity index (χ3n) is 6.62. The zero-order valence-electron chi connectivity index (χ0n) is 16.1. The van der Waals surface area contributed by atoms with Gasteiger partial charge < -0.3 is 0 Å². The van der Waals surface area contributed by atoms with Gasteiger partial charge in [0.1, 0.15) is 0 Å². The molecule has 2 aromatic carbocycles. The van der Waals surface area contributed by atoms with Gasteiger partial charge in [0.15, 0.2) is 11.6 Å². The number of hydrogen-bond donors (Lipinski definition) is 0. The summed E-state index contributed by atoms with van der Waals surface area (Å²) in [4.78, 5) is 0. The smallest absolute Gasteiger partial charge is 0.162 e. The van der Waals surface area contributed by atoms with E-state index in [9.17, 15) is 8.78 Å². The van der Waals surface area contributed by atoms with Crippen molar-refractivity contribution < 1.29 is 8.78 Å². The van der Waals surface area contributed by atoms with Crippen molar-refractivity contribution in [1.82, 2.24) is 0 Å². The maximum absolute atomic E-state index is 14.0. The second-order valence-electron chi connectivity index (χ2n) is 8.24. The molecule has 1 atom stereocenters. The molecule has 1 saturated carbocycles. The fraction of sp³-hybridized carbons (Fsp3) is 0.440. The predicted octanol–water partition coefficient (Wildman–Crippen LogP) is 7.09. The van der Waals surface area contributed by atoms with Crippen LogP contribution >= 0.6 is 0 Å². The van der Waals surface area contributed by atoms with Crippen LogP contribution in [0.4, 0.5) is 8.78 Å². The zero-order chi connectivity index (χ0) is 18.8. The predicted molar refractivity (Wildman–Crippen MR) is 107 cm³/mol. The first-order valence-electron chi connectivity index (χ1n) is 10.3. The highest BCUT2D eigenvalue weighted by molar-refractivity contribution is 5.36. The van der Waals surface area contributed by atoms with Gasteiger partial charge in [0.05, 0.1) is 0 Å². The van der Waals surface area contributed by atoms with Gasteiger partial charge in [0.2, 0.25) is 0 Å². The normalized spacial score (nSPS) is 25.5. The fourth-order valence-corrected chi connectivity index (χ4v) is 5.02. The van der Waals surface area contributed by atoms with Crippen LogP contribution in [0.1, 0.15) is 73.1 Å². The van der Waals surface area contributed by atoms with Gasteiger partial charge in [-0.05, 0) is 97.9 Å². The maximum atomic E-state index is 14.0. The largest absolute Gasteiger partial charge is 0.204 e. The van der Waals surface area contributed by atoms with E-state index in [2.05, 4.69) is 43.3 Å². The highest BCUT2D eigenvalue weighted by atomic mass is 19.2. The molecule has 4 rings (SSSR count). The number of rotatable bonds is 3. The summed E-state index contributed by atoms with van der Waals surface area (Å²) in [6.45, 7) is 2.11. The summed E-state index contributed by atoms with van der Waals surface area (Å²) >= 11 is 0. The van der Waals surface area contributed by atoms with Crippen LogP contribution in [-0.2, 0) is 12.8 Å². The molecule has 2 heteroatoms. The van der Waals surface area contributed by atoms with E-state index in [4.69, 9.17) is 0 Å². The van der Waals surface area contributed by atoms with Crippen LogP contribution in [0.2, 0.25) is 0 Å². The molecule has 0 heterocycles. The summed E-state index contributed by atoms with van der Waals surface area (Å²) in [7, 11) is 0. The first-order valence-corrected chi connectivity index (χ1v) is 10.3. The second kappa shape index (κ2) is 7.96. The Bertz CT molecular complexity index is 811. The average Bonchev–Trinajstić information content (AvgIpc) is 2.72. The zero-order valence-corrected chi connectivity index (χ0v) is 16.1. The summed E-state index contributed by atoms with van der Waals surface area (Å²) in [5, 5.41) is 0. The van der Waals surface area contributed by atoms with E-state index < -0.39 is 11.6 Å². The standard InChI is InChI=1S/C25H28F2/c1-2-3-17-4-6-18(7-5-17)19-8-10-20(11-9-19)21-12-14-23-22(16-21)13-15-24(26)25(23)27/h2-3,8-11,13,15,17-18,21H,4-7,12,14,16H2,1H3/b3-2+. The molecule has 1 unspecified atom stereocenters. The molecule has 0 aromatic heterocycles. The quantitative estimate of drug-likeness (QED) is 0.509. The van der Waals surface area contributed by atoms with Crippen molar-refractivity contribution in [2.45, 2.75) is 63.7 Å². The molecule has 0 aliphatic heterocycles.